The van der Waals surface area contributed by atoms with Crippen molar-refractivity contribution in [1.29, 1.82) is 0 Å². The number of aliphatic carboxylic acids is 1. The van der Waals surface area contributed by atoms with E-state index in [0.717, 1.165) is 17.2 Å². The number of carbonyl (C=O) groups is 1. The third kappa shape index (κ3) is 5.85. The van der Waals surface area contributed by atoms with Crippen molar-refractivity contribution in [2.45, 2.75) is 32.4 Å². The van der Waals surface area contributed by atoms with E-state index in [4.69, 9.17) is 14.6 Å². The Morgan fingerprint density at radius 2 is 1.97 bits per heavy atom. The Hall–Kier alpha value is -2.87. The average molecular weight is 438 g/mol. The van der Waals surface area contributed by atoms with E-state index >= 15 is 0 Å². The summed E-state index contributed by atoms with van der Waals surface area (Å²) in [5, 5.41) is 8.76. The van der Waals surface area contributed by atoms with Gasteiger partial charge >= 0.3 is 12.1 Å². The van der Waals surface area contributed by atoms with Gasteiger partial charge in [0.2, 0.25) is 0 Å². The smallest absolute Gasteiger partial charge is 0.416 e. The van der Waals surface area contributed by atoms with Crippen LogP contribution >= 0.6 is 0 Å². The first-order valence-corrected chi connectivity index (χ1v) is 9.75. The van der Waals surface area contributed by atoms with Crippen molar-refractivity contribution >= 4 is 11.5 Å². The summed E-state index contributed by atoms with van der Waals surface area (Å²) in [6.07, 6.45) is -4.72. The lowest BCUT2D eigenvalue weighted by molar-refractivity contribution is -0.140. The molecular formula is C23H22F4O4. The lowest BCUT2D eigenvalue weighted by atomic mass is 9.95. The van der Waals surface area contributed by atoms with E-state index in [2.05, 4.69) is 0 Å². The van der Waals surface area contributed by atoms with Crippen LogP contribution in [0.15, 0.2) is 42.0 Å². The molecule has 0 saturated heterocycles. The predicted octanol–water partition coefficient (Wildman–Crippen LogP) is 5.42. The van der Waals surface area contributed by atoms with Crippen LogP contribution in [0.5, 0.6) is 5.75 Å². The minimum Gasteiger partial charge on any atom is -0.489 e. The fourth-order valence-electron chi connectivity index (χ4n) is 3.43. The van der Waals surface area contributed by atoms with Crippen molar-refractivity contribution < 1.29 is 36.9 Å². The Bertz CT molecular complexity index is 996. The van der Waals surface area contributed by atoms with Crippen molar-refractivity contribution in [3.8, 4) is 5.75 Å². The summed E-state index contributed by atoms with van der Waals surface area (Å²) in [6, 6.07) is 8.43. The molecule has 1 aliphatic rings. The fraction of sp³-hybridized carbons (Fsp3) is 0.348. The summed E-state index contributed by atoms with van der Waals surface area (Å²) in [5.74, 6) is -1.49. The van der Waals surface area contributed by atoms with Gasteiger partial charge in [-0.05, 0) is 65.8 Å². The number of alkyl halides is 3. The monoisotopic (exact) mass is 438 g/mol. The summed E-state index contributed by atoms with van der Waals surface area (Å²) < 4.78 is 65.4. The van der Waals surface area contributed by atoms with Crippen molar-refractivity contribution in [3.05, 3.63) is 70.0 Å². The molecular weight excluding hydrogens is 416 g/mol. The number of halogens is 4. The van der Waals surface area contributed by atoms with E-state index < -0.39 is 24.1 Å². The molecule has 0 bridgehead atoms. The highest BCUT2D eigenvalue weighted by Gasteiger charge is 2.34. The number of aryl methyl sites for hydroxylation is 2. The van der Waals surface area contributed by atoms with E-state index in [9.17, 15) is 22.4 Å². The third-order valence-corrected chi connectivity index (χ3v) is 5.13. The van der Waals surface area contributed by atoms with Crippen molar-refractivity contribution in [2.24, 2.45) is 0 Å². The zero-order valence-corrected chi connectivity index (χ0v) is 16.9. The first kappa shape index (κ1) is 22.8. The molecule has 0 fully saturated rings. The number of hydrogen-bond donors (Lipinski definition) is 1. The van der Waals surface area contributed by atoms with Crippen LogP contribution in [0, 0.1) is 12.7 Å². The number of benzene rings is 2. The molecule has 1 aliphatic heterocycles. The van der Waals surface area contributed by atoms with Gasteiger partial charge in [-0.1, -0.05) is 18.2 Å². The lowest BCUT2D eigenvalue weighted by Gasteiger charge is -2.22. The molecule has 1 N–H and O–H groups in total. The highest BCUT2D eigenvalue weighted by Crippen LogP contribution is 2.35. The largest absolute Gasteiger partial charge is 0.489 e. The van der Waals surface area contributed by atoms with Gasteiger partial charge in [0.1, 0.15) is 18.2 Å². The molecule has 0 aliphatic carbocycles. The maximum Gasteiger partial charge on any atom is 0.416 e. The van der Waals surface area contributed by atoms with E-state index in [1.54, 1.807) is 19.1 Å². The minimum atomic E-state index is -4.63. The molecule has 0 aromatic heterocycles. The van der Waals surface area contributed by atoms with Crippen LogP contribution in [0.3, 0.4) is 0 Å². The van der Waals surface area contributed by atoms with E-state index in [0.29, 0.717) is 24.2 Å². The van der Waals surface area contributed by atoms with Gasteiger partial charge in [-0.3, -0.25) is 4.79 Å². The van der Waals surface area contributed by atoms with Crippen molar-refractivity contribution in [3.63, 3.8) is 0 Å². The molecule has 2 aromatic rings. The second-order valence-electron chi connectivity index (χ2n) is 7.35. The average Bonchev–Trinajstić information content (AvgIpc) is 2.72. The SMILES string of the molecule is Cc1ccc(C2=C(COc3ccc(CCC(=O)O)c(C(F)(F)F)c3)COCC2)cc1F. The summed E-state index contributed by atoms with van der Waals surface area (Å²) in [7, 11) is 0. The molecule has 2 aromatic carbocycles. The molecule has 0 spiro atoms. The van der Waals surface area contributed by atoms with Crippen LogP contribution in [0.25, 0.3) is 5.57 Å². The quantitative estimate of drug-likeness (QED) is 0.587. The first-order valence-electron chi connectivity index (χ1n) is 9.75. The highest BCUT2D eigenvalue weighted by atomic mass is 19.4. The lowest BCUT2D eigenvalue weighted by Crippen LogP contribution is -2.17. The van der Waals surface area contributed by atoms with Gasteiger partial charge in [0.05, 0.1) is 18.8 Å². The van der Waals surface area contributed by atoms with Gasteiger partial charge in [0, 0.05) is 6.42 Å². The summed E-state index contributed by atoms with van der Waals surface area (Å²) >= 11 is 0. The molecule has 31 heavy (non-hydrogen) atoms. The fourth-order valence-corrected chi connectivity index (χ4v) is 3.43. The number of ether oxygens (including phenoxy) is 2. The second-order valence-corrected chi connectivity index (χ2v) is 7.35. The molecule has 8 heteroatoms. The van der Waals surface area contributed by atoms with Crippen molar-refractivity contribution in [2.75, 3.05) is 19.8 Å². The number of rotatable bonds is 7. The van der Waals surface area contributed by atoms with Gasteiger partial charge in [-0.25, -0.2) is 4.39 Å². The van der Waals surface area contributed by atoms with Gasteiger partial charge < -0.3 is 14.6 Å². The maximum atomic E-state index is 14.0. The second kappa shape index (κ2) is 9.51. The van der Waals surface area contributed by atoms with Crippen LogP contribution < -0.4 is 4.74 Å². The number of carboxylic acid groups (broad SMARTS) is 1. The zero-order valence-electron chi connectivity index (χ0n) is 16.9. The van der Waals surface area contributed by atoms with Crippen LogP contribution in [0.2, 0.25) is 0 Å². The Kier molecular flexibility index (Phi) is 7.00. The summed E-state index contributed by atoms with van der Waals surface area (Å²) in [4.78, 5) is 10.7. The minimum absolute atomic E-state index is 0.00337. The molecule has 0 radical (unpaired) electrons. The third-order valence-electron chi connectivity index (χ3n) is 5.13. The topological polar surface area (TPSA) is 55.8 Å². The van der Waals surface area contributed by atoms with Crippen LogP contribution in [-0.4, -0.2) is 30.9 Å². The van der Waals surface area contributed by atoms with Gasteiger partial charge in [0.15, 0.2) is 0 Å². The predicted molar refractivity (Wildman–Crippen MR) is 106 cm³/mol. The molecule has 0 amide bonds. The van der Waals surface area contributed by atoms with Crippen LogP contribution in [-0.2, 0) is 22.1 Å². The molecule has 0 saturated carbocycles. The normalized spacial score (nSPS) is 14.6. The van der Waals surface area contributed by atoms with Gasteiger partial charge in [0.25, 0.3) is 0 Å². The van der Waals surface area contributed by atoms with Crippen LogP contribution in [0.1, 0.15) is 35.1 Å². The molecule has 4 nitrogen and oxygen atoms in total. The van der Waals surface area contributed by atoms with Crippen LogP contribution in [0.4, 0.5) is 17.6 Å². The van der Waals surface area contributed by atoms with Gasteiger partial charge in [-0.15, -0.1) is 0 Å². The van der Waals surface area contributed by atoms with E-state index in [-0.39, 0.29) is 36.8 Å². The molecule has 1 heterocycles. The molecule has 166 valence electrons. The zero-order chi connectivity index (χ0) is 22.6. The first-order chi connectivity index (χ1) is 14.6. The molecule has 3 rings (SSSR count). The molecule has 0 unspecified atom stereocenters. The van der Waals surface area contributed by atoms with Crippen molar-refractivity contribution in [1.82, 2.24) is 0 Å². The highest BCUT2D eigenvalue weighted by molar-refractivity contribution is 5.70. The van der Waals surface area contributed by atoms with Gasteiger partial charge in [-0.2, -0.15) is 13.2 Å². The maximum absolute atomic E-state index is 14.0. The Balaban J connectivity index is 1.83. The molecule has 0 atom stereocenters. The number of hydrogen-bond acceptors (Lipinski definition) is 3. The van der Waals surface area contributed by atoms with E-state index in [1.807, 2.05) is 0 Å². The van der Waals surface area contributed by atoms with E-state index in [1.165, 1.54) is 18.2 Å². The summed E-state index contributed by atoms with van der Waals surface area (Å²) in [5.41, 5.74) is 1.80. The Labute approximate surface area is 177 Å². The Morgan fingerprint density at radius 3 is 2.65 bits per heavy atom. The Morgan fingerprint density at radius 1 is 1.19 bits per heavy atom. The summed E-state index contributed by atoms with van der Waals surface area (Å²) in [6.45, 7) is 2.37. The standard InChI is InChI=1S/C23H22F4O4/c1-14-2-3-16(10-21(14)24)19-8-9-30-12-17(19)13-31-18-6-4-15(5-7-22(28)29)20(11-18)23(25,26)27/h2-4,6,10-11H,5,7-9,12-13H2,1H3,(H,28,29). The number of carboxylic acids is 1.